The van der Waals surface area contributed by atoms with E-state index in [0.717, 1.165) is 38.5 Å². The molecule has 5 heterocycles. The predicted molar refractivity (Wildman–Crippen MR) is 158 cm³/mol. The van der Waals surface area contributed by atoms with Crippen LogP contribution in [0.3, 0.4) is 0 Å². The molecule has 45 heavy (non-hydrogen) atoms. The van der Waals surface area contributed by atoms with Gasteiger partial charge in [0.25, 0.3) is 0 Å². The number of rotatable bonds is 0. The Hall–Kier alpha value is -0.0805. The van der Waals surface area contributed by atoms with Gasteiger partial charge in [0.05, 0.1) is 49.3 Å². The maximum Gasteiger partial charge on any atom is 0.165 e. The summed E-state index contributed by atoms with van der Waals surface area (Å²) in [5, 5.41) is 30.6. The van der Waals surface area contributed by atoms with Crippen LogP contribution in [0.25, 0.3) is 0 Å². The van der Waals surface area contributed by atoms with Gasteiger partial charge in [-0.1, -0.05) is 38.5 Å². The second kappa shape index (κ2) is 12.7. The van der Waals surface area contributed by atoms with Crippen molar-refractivity contribution in [3.8, 4) is 0 Å². The average molecular weight is 688 g/mol. The first-order valence-corrected chi connectivity index (χ1v) is 18.1. The molecule has 4 aliphatic carbocycles. The zero-order valence-corrected chi connectivity index (χ0v) is 26.8. The molecule has 0 amide bonds. The standard InChI is InChI=1S/C32H52F4N8.Cu/c33-21-19-20(22(34)24(36)23(21)35)32-43-30-18-12-6-4-10-16(18)28(41-30)39-26-14-8-2-1-7-13(14)25(37-26)38-27-15-9-3-5-11-17(15)29(40-27)42-31(19)44-32;/h13-32,37-44H,1-12H2;. The van der Waals surface area contributed by atoms with E-state index < -0.39 is 48.9 Å². The average Bonchev–Trinajstić information content (AvgIpc) is 3.78. The molecule has 8 nitrogen and oxygen atoms in total. The molecule has 20 unspecified atom stereocenters. The smallest absolute Gasteiger partial charge is 0.165 e. The fraction of sp³-hybridized carbons (Fsp3) is 1.00. The molecule has 5 aliphatic heterocycles. The third-order valence-electron chi connectivity index (χ3n) is 13.9. The molecule has 9 fully saturated rings. The first-order chi connectivity index (χ1) is 21.5. The van der Waals surface area contributed by atoms with E-state index in [1.807, 2.05) is 0 Å². The number of hydrogen-bond acceptors (Lipinski definition) is 8. The summed E-state index contributed by atoms with van der Waals surface area (Å²) in [5.74, 6) is 0.629. The summed E-state index contributed by atoms with van der Waals surface area (Å²) in [7, 11) is 0. The summed E-state index contributed by atoms with van der Waals surface area (Å²) in [6.07, 6.45) is 3.98. The number of fused-ring (bicyclic) bond motifs is 20. The van der Waals surface area contributed by atoms with Crippen molar-refractivity contribution in [3.63, 3.8) is 0 Å². The van der Waals surface area contributed by atoms with Gasteiger partial charge in [-0.05, 0) is 74.0 Å². The monoisotopic (exact) mass is 687 g/mol. The van der Waals surface area contributed by atoms with Crippen LogP contribution in [0.4, 0.5) is 17.6 Å². The number of halogens is 4. The van der Waals surface area contributed by atoms with E-state index in [1.165, 1.54) is 38.5 Å². The van der Waals surface area contributed by atoms with Crippen molar-refractivity contribution in [2.45, 2.75) is 151 Å². The van der Waals surface area contributed by atoms with Gasteiger partial charge in [0.1, 0.15) is 12.3 Å². The Morgan fingerprint density at radius 2 is 0.489 bits per heavy atom. The first-order valence-electron chi connectivity index (χ1n) is 18.1. The zero-order valence-electron chi connectivity index (χ0n) is 25.8. The molecule has 0 aromatic carbocycles. The Morgan fingerprint density at radius 1 is 0.289 bits per heavy atom. The Bertz CT molecular complexity index is 989. The van der Waals surface area contributed by atoms with Crippen LogP contribution >= 0.6 is 0 Å². The van der Waals surface area contributed by atoms with E-state index in [4.69, 9.17) is 0 Å². The third-order valence-corrected chi connectivity index (χ3v) is 13.9. The molecule has 0 aromatic rings. The normalized spacial score (nSPS) is 58.9. The van der Waals surface area contributed by atoms with E-state index in [-0.39, 0.29) is 54.1 Å². The van der Waals surface area contributed by atoms with Gasteiger partial charge in [-0.3, -0.25) is 42.5 Å². The summed E-state index contributed by atoms with van der Waals surface area (Å²) < 4.78 is 61.5. The largest absolute Gasteiger partial charge is 0.286 e. The van der Waals surface area contributed by atoms with Crippen LogP contribution < -0.4 is 42.5 Å². The van der Waals surface area contributed by atoms with Crippen molar-refractivity contribution in [2.75, 3.05) is 0 Å². The number of nitrogens with one attached hydrogen (secondary N) is 8. The summed E-state index contributed by atoms with van der Waals surface area (Å²) in [5.41, 5.74) is 0. The molecule has 9 rings (SSSR count). The molecule has 0 aromatic heterocycles. The van der Waals surface area contributed by atoms with Crippen molar-refractivity contribution >= 4 is 0 Å². The van der Waals surface area contributed by atoms with Gasteiger partial charge >= 0.3 is 0 Å². The van der Waals surface area contributed by atoms with Gasteiger partial charge in [0, 0.05) is 28.9 Å². The van der Waals surface area contributed by atoms with E-state index in [0.29, 0.717) is 35.5 Å². The van der Waals surface area contributed by atoms with Crippen LogP contribution in [0.2, 0.25) is 0 Å². The molecule has 20 atom stereocenters. The van der Waals surface area contributed by atoms with E-state index >= 15 is 8.78 Å². The molecular weight excluding hydrogens is 636 g/mol. The Labute approximate surface area is 275 Å². The fourth-order valence-electron chi connectivity index (χ4n) is 11.9. The van der Waals surface area contributed by atoms with Gasteiger partial charge in [-0.25, -0.2) is 17.6 Å². The maximum atomic E-state index is 15.8. The summed E-state index contributed by atoms with van der Waals surface area (Å²) in [6, 6.07) is 0. The van der Waals surface area contributed by atoms with Crippen molar-refractivity contribution in [2.24, 2.45) is 47.3 Å². The van der Waals surface area contributed by atoms with Crippen molar-refractivity contribution in [3.05, 3.63) is 0 Å². The van der Waals surface area contributed by atoms with Gasteiger partial charge in [0.15, 0.2) is 12.3 Å². The topological polar surface area (TPSA) is 96.2 Å². The van der Waals surface area contributed by atoms with Crippen LogP contribution in [0, 0.1) is 47.3 Å². The number of alkyl halides is 4. The minimum atomic E-state index is -2.45. The van der Waals surface area contributed by atoms with Gasteiger partial charge in [0.2, 0.25) is 0 Å². The second-order valence-electron chi connectivity index (χ2n) is 15.9. The van der Waals surface area contributed by atoms with Crippen molar-refractivity contribution in [1.82, 2.24) is 42.5 Å². The van der Waals surface area contributed by atoms with E-state index in [9.17, 15) is 8.78 Å². The predicted octanol–water partition coefficient (Wildman–Crippen LogP) is 2.40. The van der Waals surface area contributed by atoms with Crippen LogP contribution in [0.1, 0.15) is 77.0 Å². The molecule has 8 bridgehead atoms. The van der Waals surface area contributed by atoms with Crippen LogP contribution in [-0.4, -0.2) is 74.0 Å². The van der Waals surface area contributed by atoms with Crippen molar-refractivity contribution < 1.29 is 34.6 Å². The molecule has 8 N–H and O–H groups in total. The fourth-order valence-corrected chi connectivity index (χ4v) is 11.9. The molecule has 1 radical (unpaired) electrons. The molecule has 13 heteroatoms. The van der Waals surface area contributed by atoms with Gasteiger partial charge in [-0.15, -0.1) is 0 Å². The second-order valence-corrected chi connectivity index (χ2v) is 15.9. The van der Waals surface area contributed by atoms with Crippen LogP contribution in [0.5, 0.6) is 0 Å². The minimum Gasteiger partial charge on any atom is -0.286 e. The van der Waals surface area contributed by atoms with Crippen LogP contribution in [0.15, 0.2) is 0 Å². The summed E-state index contributed by atoms with van der Waals surface area (Å²) >= 11 is 0. The van der Waals surface area contributed by atoms with E-state index in [2.05, 4.69) is 42.5 Å². The molecule has 259 valence electrons. The number of hydrogen-bond donors (Lipinski definition) is 8. The molecule has 0 spiro atoms. The molecular formula is C32H52CuF4N8. The Kier molecular flexibility index (Phi) is 9.05. The molecule has 5 saturated heterocycles. The summed E-state index contributed by atoms with van der Waals surface area (Å²) in [6.45, 7) is 0. The third kappa shape index (κ3) is 5.28. The minimum absolute atomic E-state index is 0. The molecule has 4 saturated carbocycles. The maximum absolute atomic E-state index is 15.8. The summed E-state index contributed by atoms with van der Waals surface area (Å²) in [4.78, 5) is 0. The zero-order chi connectivity index (χ0) is 29.7. The van der Waals surface area contributed by atoms with E-state index in [1.54, 1.807) is 0 Å². The van der Waals surface area contributed by atoms with Crippen LogP contribution in [-0.2, 0) is 17.1 Å². The van der Waals surface area contributed by atoms with Crippen molar-refractivity contribution in [1.29, 1.82) is 0 Å². The van der Waals surface area contributed by atoms with Gasteiger partial charge < -0.3 is 0 Å². The molecule has 9 aliphatic rings. The Morgan fingerprint density at radius 3 is 0.733 bits per heavy atom. The quantitative estimate of drug-likeness (QED) is 0.146. The Balaban J connectivity index is 0.00000300. The van der Waals surface area contributed by atoms with Gasteiger partial charge in [-0.2, -0.15) is 0 Å². The first kappa shape index (κ1) is 32.1. The SMILES string of the molecule is FC1C(F)C(F)C2C3NC4NC(NC5NC(NC6NC(NC(N3)C2C1F)C1CCCCC61)C1CCCCC51)C1CCCCC41.[Cu].